The molecule has 1 rings (SSSR count). The van der Waals surface area contributed by atoms with E-state index in [2.05, 4.69) is 0 Å². The Bertz CT molecular complexity index is 480. The lowest BCUT2D eigenvalue weighted by Gasteiger charge is -2.20. The van der Waals surface area contributed by atoms with E-state index < -0.39 is 29.1 Å². The van der Waals surface area contributed by atoms with Gasteiger partial charge >= 0.3 is 0 Å². The van der Waals surface area contributed by atoms with Gasteiger partial charge in [-0.3, -0.25) is 0 Å². The number of anilines is 1. The second kappa shape index (κ2) is 6.10. The van der Waals surface area contributed by atoms with Gasteiger partial charge in [0, 0.05) is 18.8 Å². The molecule has 0 fully saturated rings. The van der Waals surface area contributed by atoms with E-state index in [1.165, 1.54) is 0 Å². The maximum atomic E-state index is 13.1. The van der Waals surface area contributed by atoms with Crippen molar-refractivity contribution in [2.24, 2.45) is 0 Å². The normalized spacial score (nSPS) is 12.0. The average Bonchev–Trinajstić information content (AvgIpc) is 2.27. The third-order valence-electron chi connectivity index (χ3n) is 2.23. The fourth-order valence-corrected chi connectivity index (χ4v) is 2.95. The van der Waals surface area contributed by atoms with Crippen molar-refractivity contribution in [2.45, 2.75) is 4.90 Å². The predicted octanol–water partition coefficient (Wildman–Crippen LogP) is -0.617. The minimum atomic E-state index is -3.98. The highest BCUT2D eigenvalue weighted by atomic mass is 32.2. The third-order valence-corrected chi connectivity index (χ3v) is 4.11. The van der Waals surface area contributed by atoms with Gasteiger partial charge in [-0.05, 0) is 18.2 Å². The molecule has 6 nitrogen and oxygen atoms in total. The number of halogens is 1. The summed E-state index contributed by atoms with van der Waals surface area (Å²) in [5.41, 5.74) is 5.37. The Balaban J connectivity index is 3.17. The van der Waals surface area contributed by atoms with Crippen LogP contribution in [0.3, 0.4) is 0 Å². The number of aliphatic hydroxyl groups is 2. The van der Waals surface area contributed by atoms with Crippen molar-refractivity contribution >= 4 is 15.7 Å². The van der Waals surface area contributed by atoms with Gasteiger partial charge in [0.2, 0.25) is 10.0 Å². The number of nitrogens with two attached hydrogens (primary N) is 1. The van der Waals surface area contributed by atoms with Gasteiger partial charge in [-0.15, -0.1) is 0 Å². The van der Waals surface area contributed by atoms with Crippen LogP contribution in [0.15, 0.2) is 23.1 Å². The number of sulfonamides is 1. The van der Waals surface area contributed by atoms with E-state index in [9.17, 15) is 12.8 Å². The smallest absolute Gasteiger partial charge is 0.243 e. The Morgan fingerprint density at radius 2 is 1.72 bits per heavy atom. The fourth-order valence-electron chi connectivity index (χ4n) is 1.46. The first-order chi connectivity index (χ1) is 8.41. The quantitative estimate of drug-likeness (QED) is 0.602. The van der Waals surface area contributed by atoms with Gasteiger partial charge < -0.3 is 15.9 Å². The molecule has 0 saturated carbocycles. The zero-order valence-electron chi connectivity index (χ0n) is 9.58. The molecule has 0 spiro atoms. The molecule has 0 aliphatic carbocycles. The molecule has 0 aliphatic rings. The summed E-state index contributed by atoms with van der Waals surface area (Å²) < 4.78 is 38.2. The lowest BCUT2D eigenvalue weighted by atomic mass is 10.3. The summed E-state index contributed by atoms with van der Waals surface area (Å²) in [4.78, 5) is -0.304. The predicted molar refractivity (Wildman–Crippen MR) is 63.7 cm³/mol. The number of nitrogens with zero attached hydrogens (tertiary/aromatic N) is 1. The van der Waals surface area contributed by atoms with E-state index in [4.69, 9.17) is 15.9 Å². The van der Waals surface area contributed by atoms with E-state index in [1.807, 2.05) is 0 Å². The van der Waals surface area contributed by atoms with E-state index in [-0.39, 0.29) is 23.7 Å². The molecule has 8 heteroatoms. The summed E-state index contributed by atoms with van der Waals surface area (Å²) >= 11 is 0. The van der Waals surface area contributed by atoms with Gasteiger partial charge in [0.05, 0.1) is 18.1 Å². The maximum absolute atomic E-state index is 13.1. The van der Waals surface area contributed by atoms with Crippen molar-refractivity contribution in [1.82, 2.24) is 4.31 Å². The van der Waals surface area contributed by atoms with E-state index in [1.54, 1.807) is 0 Å². The number of benzene rings is 1. The molecule has 0 saturated heterocycles. The molecular weight excluding hydrogens is 263 g/mol. The van der Waals surface area contributed by atoms with Crippen molar-refractivity contribution in [3.8, 4) is 0 Å². The fraction of sp³-hybridized carbons (Fsp3) is 0.400. The molecule has 102 valence electrons. The van der Waals surface area contributed by atoms with Crippen LogP contribution < -0.4 is 5.73 Å². The largest absolute Gasteiger partial charge is 0.399 e. The highest BCUT2D eigenvalue weighted by molar-refractivity contribution is 7.89. The maximum Gasteiger partial charge on any atom is 0.243 e. The minimum Gasteiger partial charge on any atom is -0.399 e. The molecule has 0 bridgehead atoms. The summed E-state index contributed by atoms with van der Waals surface area (Å²) in [6, 6.07) is 2.97. The summed E-state index contributed by atoms with van der Waals surface area (Å²) in [6.45, 7) is -1.16. The zero-order chi connectivity index (χ0) is 13.8. The van der Waals surface area contributed by atoms with Crippen LogP contribution in [0.5, 0.6) is 0 Å². The number of hydrogen-bond acceptors (Lipinski definition) is 5. The number of hydrogen-bond donors (Lipinski definition) is 3. The van der Waals surface area contributed by atoms with Crippen LogP contribution in [-0.4, -0.2) is 49.2 Å². The van der Waals surface area contributed by atoms with Gasteiger partial charge in [-0.2, -0.15) is 4.31 Å². The van der Waals surface area contributed by atoms with Gasteiger partial charge in [0.25, 0.3) is 0 Å². The lowest BCUT2D eigenvalue weighted by Crippen LogP contribution is -2.35. The summed E-state index contributed by atoms with van der Waals surface area (Å²) in [6.07, 6.45) is 0. The molecule has 0 atom stereocenters. The van der Waals surface area contributed by atoms with Gasteiger partial charge in [-0.1, -0.05) is 0 Å². The number of aliphatic hydroxyl groups excluding tert-OH is 2. The summed E-state index contributed by atoms with van der Waals surface area (Å²) in [7, 11) is -3.98. The van der Waals surface area contributed by atoms with Gasteiger partial charge in [-0.25, -0.2) is 12.8 Å². The molecule has 18 heavy (non-hydrogen) atoms. The van der Waals surface area contributed by atoms with Crippen LogP contribution in [0.25, 0.3) is 0 Å². The Morgan fingerprint density at radius 3 is 2.17 bits per heavy atom. The van der Waals surface area contributed by atoms with Crippen molar-refractivity contribution in [1.29, 1.82) is 0 Å². The Hall–Kier alpha value is -1.22. The van der Waals surface area contributed by atoms with Crippen molar-refractivity contribution in [2.75, 3.05) is 32.0 Å². The van der Waals surface area contributed by atoms with Crippen molar-refractivity contribution < 1.29 is 23.0 Å². The third kappa shape index (κ3) is 3.39. The van der Waals surface area contributed by atoms with Crippen LogP contribution in [0.4, 0.5) is 10.1 Å². The first-order valence-corrected chi connectivity index (χ1v) is 6.63. The summed E-state index contributed by atoms with van der Waals surface area (Å²) in [5, 5.41) is 17.6. The second-order valence-electron chi connectivity index (χ2n) is 3.57. The molecule has 1 aromatic rings. The molecule has 0 unspecified atom stereocenters. The number of rotatable bonds is 6. The molecule has 4 N–H and O–H groups in total. The SMILES string of the molecule is Nc1cc(F)cc(S(=O)(=O)N(CCO)CCO)c1. The molecule has 0 aliphatic heterocycles. The van der Waals surface area contributed by atoms with Gasteiger partial charge in [0.15, 0.2) is 0 Å². The Labute approximate surface area is 105 Å². The number of nitrogen functional groups attached to an aromatic ring is 1. The Kier molecular flexibility index (Phi) is 5.03. The Morgan fingerprint density at radius 1 is 1.17 bits per heavy atom. The minimum absolute atomic E-state index is 0.0125. The van der Waals surface area contributed by atoms with Crippen LogP contribution in [0.1, 0.15) is 0 Å². The van der Waals surface area contributed by atoms with Crippen LogP contribution in [-0.2, 0) is 10.0 Å². The highest BCUT2D eigenvalue weighted by Gasteiger charge is 2.24. The molecule has 0 aromatic heterocycles. The van der Waals surface area contributed by atoms with E-state index >= 15 is 0 Å². The molecule has 0 radical (unpaired) electrons. The van der Waals surface area contributed by atoms with Crippen molar-refractivity contribution in [3.05, 3.63) is 24.0 Å². The second-order valence-corrected chi connectivity index (χ2v) is 5.51. The topological polar surface area (TPSA) is 104 Å². The van der Waals surface area contributed by atoms with Gasteiger partial charge in [0.1, 0.15) is 5.82 Å². The zero-order valence-corrected chi connectivity index (χ0v) is 10.4. The molecular formula is C10H15FN2O4S. The molecule has 0 heterocycles. The van der Waals surface area contributed by atoms with Crippen molar-refractivity contribution in [3.63, 3.8) is 0 Å². The molecule has 0 amide bonds. The van der Waals surface area contributed by atoms with Crippen LogP contribution in [0.2, 0.25) is 0 Å². The van der Waals surface area contributed by atoms with E-state index in [0.29, 0.717) is 0 Å². The van der Waals surface area contributed by atoms with Crippen LogP contribution >= 0.6 is 0 Å². The highest BCUT2D eigenvalue weighted by Crippen LogP contribution is 2.19. The first-order valence-electron chi connectivity index (χ1n) is 5.19. The summed E-state index contributed by atoms with van der Waals surface area (Å²) in [5.74, 6) is -0.762. The lowest BCUT2D eigenvalue weighted by molar-refractivity contribution is 0.217. The first kappa shape index (κ1) is 14.8. The monoisotopic (exact) mass is 278 g/mol. The standard InChI is InChI=1S/C10H15FN2O4S/c11-8-5-9(12)7-10(6-8)18(16,17)13(1-3-14)2-4-15/h5-7,14-15H,1-4,12H2. The van der Waals surface area contributed by atoms with Crippen LogP contribution in [0, 0.1) is 5.82 Å². The molecule has 1 aromatic carbocycles. The van der Waals surface area contributed by atoms with E-state index in [0.717, 1.165) is 22.5 Å². The average molecular weight is 278 g/mol.